The van der Waals surface area contributed by atoms with E-state index in [1.54, 1.807) is 0 Å². The average Bonchev–Trinajstić information content (AvgIpc) is 3.20. The molecule has 5 heteroatoms. The maximum absolute atomic E-state index is 12.5. The molecule has 4 nitrogen and oxygen atoms in total. The number of hydrogen-bond acceptors (Lipinski definition) is 3. The third-order valence-electron chi connectivity index (χ3n) is 7.34. The first-order valence-electron chi connectivity index (χ1n) is 9.89. The van der Waals surface area contributed by atoms with E-state index >= 15 is 0 Å². The van der Waals surface area contributed by atoms with E-state index in [0.29, 0.717) is 12.0 Å². The molecule has 0 unspecified atom stereocenters. The maximum Gasteiger partial charge on any atom is 0.410 e. The number of carbonyl (C=O) groups is 1. The lowest BCUT2D eigenvalue weighted by atomic mass is 9.63. The van der Waals surface area contributed by atoms with Crippen LogP contribution in [0.1, 0.15) is 70.6 Å². The Morgan fingerprint density at radius 1 is 1.00 bits per heavy atom. The summed E-state index contributed by atoms with van der Waals surface area (Å²) in [4.78, 5) is 14.7. The largest absolute Gasteiger partial charge is 0.447 e. The van der Waals surface area contributed by atoms with Crippen molar-refractivity contribution in [1.29, 1.82) is 0 Å². The standard InChI is InChI=1S/C19H32N2O2.ClH/c22-17-21(19(15-23-17)8-4-5-9-19)14-18(10-12-20-13-11-18)16-6-2-1-3-7-16;/h16,20H,1-15H2;1H. The van der Waals surface area contributed by atoms with Crippen LogP contribution in [0.3, 0.4) is 0 Å². The predicted molar refractivity (Wildman–Crippen MR) is 97.6 cm³/mol. The lowest BCUT2D eigenvalue weighted by Crippen LogP contribution is -2.55. The summed E-state index contributed by atoms with van der Waals surface area (Å²) in [5, 5.41) is 3.54. The second-order valence-electron chi connectivity index (χ2n) is 8.52. The Morgan fingerprint density at radius 2 is 1.67 bits per heavy atom. The fraction of sp³-hybridized carbons (Fsp3) is 0.947. The van der Waals surface area contributed by atoms with Gasteiger partial charge < -0.3 is 10.1 Å². The average molecular weight is 357 g/mol. The number of cyclic esters (lactones) is 1. The molecule has 0 radical (unpaired) electrons. The summed E-state index contributed by atoms with van der Waals surface area (Å²) in [6.07, 6.45) is 14.2. The van der Waals surface area contributed by atoms with Gasteiger partial charge in [-0.15, -0.1) is 12.4 Å². The van der Waals surface area contributed by atoms with Crippen LogP contribution in [-0.2, 0) is 4.74 Å². The zero-order valence-corrected chi connectivity index (χ0v) is 15.7. The van der Waals surface area contributed by atoms with Crippen LogP contribution >= 0.6 is 12.4 Å². The summed E-state index contributed by atoms with van der Waals surface area (Å²) in [6.45, 7) is 3.84. The van der Waals surface area contributed by atoms with Gasteiger partial charge in [0.15, 0.2) is 0 Å². The Hall–Kier alpha value is -0.480. The van der Waals surface area contributed by atoms with Crippen LogP contribution in [0.2, 0.25) is 0 Å². The Morgan fingerprint density at radius 3 is 2.33 bits per heavy atom. The van der Waals surface area contributed by atoms with Gasteiger partial charge in [-0.05, 0) is 62.9 Å². The van der Waals surface area contributed by atoms with E-state index < -0.39 is 0 Å². The van der Waals surface area contributed by atoms with Gasteiger partial charge in [0.1, 0.15) is 6.61 Å². The molecule has 0 aromatic heterocycles. The Balaban J connectivity index is 0.00000169. The minimum atomic E-state index is -0.0272. The van der Waals surface area contributed by atoms with Gasteiger partial charge in [-0.25, -0.2) is 4.79 Å². The van der Waals surface area contributed by atoms with Crippen molar-refractivity contribution >= 4 is 18.5 Å². The zero-order chi connectivity index (χ0) is 15.8. The highest BCUT2D eigenvalue weighted by molar-refractivity contribution is 5.85. The summed E-state index contributed by atoms with van der Waals surface area (Å²) in [5.41, 5.74) is 0.383. The van der Waals surface area contributed by atoms with Gasteiger partial charge in [-0.3, -0.25) is 4.90 Å². The molecule has 2 saturated heterocycles. The van der Waals surface area contributed by atoms with E-state index in [1.807, 2.05) is 0 Å². The molecule has 0 aromatic carbocycles. The number of piperidine rings is 1. The van der Waals surface area contributed by atoms with Crippen LogP contribution in [0.4, 0.5) is 4.79 Å². The number of ether oxygens (including phenoxy) is 1. The first-order chi connectivity index (χ1) is 11.2. The highest BCUT2D eigenvalue weighted by atomic mass is 35.5. The van der Waals surface area contributed by atoms with Crippen molar-refractivity contribution in [2.45, 2.75) is 76.2 Å². The zero-order valence-electron chi connectivity index (χ0n) is 14.9. The number of carbonyl (C=O) groups excluding carboxylic acids is 1. The first-order valence-corrected chi connectivity index (χ1v) is 9.89. The monoisotopic (exact) mass is 356 g/mol. The minimum Gasteiger partial charge on any atom is -0.447 e. The van der Waals surface area contributed by atoms with Gasteiger partial charge in [0.05, 0.1) is 5.54 Å². The van der Waals surface area contributed by atoms with Gasteiger partial charge in [0.25, 0.3) is 0 Å². The topological polar surface area (TPSA) is 41.6 Å². The van der Waals surface area contributed by atoms with Crippen molar-refractivity contribution in [3.8, 4) is 0 Å². The summed E-state index contributed by atoms with van der Waals surface area (Å²) < 4.78 is 5.55. The van der Waals surface area contributed by atoms with Gasteiger partial charge in [0, 0.05) is 6.54 Å². The number of rotatable bonds is 3. The molecular weight excluding hydrogens is 324 g/mol. The molecule has 2 heterocycles. The van der Waals surface area contributed by atoms with E-state index in [1.165, 1.54) is 57.8 Å². The second-order valence-corrected chi connectivity index (χ2v) is 8.52. The number of amides is 1. The van der Waals surface area contributed by atoms with Crippen molar-refractivity contribution in [1.82, 2.24) is 10.2 Å². The van der Waals surface area contributed by atoms with Crippen LogP contribution in [0.25, 0.3) is 0 Å². The van der Waals surface area contributed by atoms with Crippen LogP contribution < -0.4 is 5.32 Å². The molecule has 2 saturated carbocycles. The van der Waals surface area contributed by atoms with Crippen molar-refractivity contribution in [2.75, 3.05) is 26.2 Å². The van der Waals surface area contributed by atoms with Crippen molar-refractivity contribution in [3.05, 3.63) is 0 Å². The molecule has 138 valence electrons. The number of halogens is 1. The van der Waals surface area contributed by atoms with Crippen LogP contribution in [0.15, 0.2) is 0 Å². The molecule has 24 heavy (non-hydrogen) atoms. The van der Waals surface area contributed by atoms with Crippen LogP contribution in [0, 0.1) is 11.3 Å². The van der Waals surface area contributed by atoms with Crippen molar-refractivity contribution in [3.63, 3.8) is 0 Å². The Labute approximate surface area is 152 Å². The normalized spacial score (nSPS) is 29.5. The van der Waals surface area contributed by atoms with E-state index in [9.17, 15) is 4.79 Å². The van der Waals surface area contributed by atoms with Crippen LogP contribution in [-0.4, -0.2) is 42.8 Å². The SMILES string of the molecule is Cl.O=C1OCC2(CCCC2)N1CC1(C2CCCCC2)CCNCC1. The molecule has 2 aliphatic carbocycles. The molecule has 0 atom stereocenters. The first kappa shape index (κ1) is 18.3. The van der Waals surface area contributed by atoms with E-state index in [0.717, 1.165) is 38.4 Å². The molecule has 0 aromatic rings. The summed E-state index contributed by atoms with van der Waals surface area (Å²) in [6, 6.07) is 0. The lowest BCUT2D eigenvalue weighted by molar-refractivity contribution is 0.0195. The second kappa shape index (κ2) is 7.41. The molecule has 1 N–H and O–H groups in total. The van der Waals surface area contributed by atoms with Gasteiger partial charge in [-0.2, -0.15) is 0 Å². The molecular formula is C19H33ClN2O2. The molecule has 0 bridgehead atoms. The smallest absolute Gasteiger partial charge is 0.410 e. The highest BCUT2D eigenvalue weighted by Crippen LogP contribution is 2.48. The third kappa shape index (κ3) is 3.16. The fourth-order valence-corrected chi connectivity index (χ4v) is 5.88. The van der Waals surface area contributed by atoms with Gasteiger partial charge >= 0.3 is 6.09 Å². The minimum absolute atomic E-state index is 0. The van der Waals surface area contributed by atoms with Crippen LogP contribution in [0.5, 0.6) is 0 Å². The molecule has 4 aliphatic rings. The Kier molecular flexibility index (Phi) is 5.65. The Bertz CT molecular complexity index is 439. The predicted octanol–water partition coefficient (Wildman–Crippen LogP) is 4.12. The van der Waals surface area contributed by atoms with E-state index in [4.69, 9.17) is 4.74 Å². The number of nitrogens with zero attached hydrogens (tertiary/aromatic N) is 1. The number of nitrogens with one attached hydrogen (secondary N) is 1. The quantitative estimate of drug-likeness (QED) is 0.826. The molecule has 4 fully saturated rings. The molecule has 4 rings (SSSR count). The number of hydrogen-bond donors (Lipinski definition) is 1. The van der Waals surface area contributed by atoms with Gasteiger partial charge in [0.2, 0.25) is 0 Å². The highest BCUT2D eigenvalue weighted by Gasteiger charge is 2.53. The summed E-state index contributed by atoms with van der Waals surface area (Å²) >= 11 is 0. The maximum atomic E-state index is 12.5. The third-order valence-corrected chi connectivity index (χ3v) is 7.34. The fourth-order valence-electron chi connectivity index (χ4n) is 5.88. The molecule has 2 aliphatic heterocycles. The van der Waals surface area contributed by atoms with Crippen molar-refractivity contribution < 1.29 is 9.53 Å². The molecule has 1 spiro atoms. The van der Waals surface area contributed by atoms with E-state index in [-0.39, 0.29) is 24.0 Å². The van der Waals surface area contributed by atoms with E-state index in [2.05, 4.69) is 10.2 Å². The lowest BCUT2D eigenvalue weighted by Gasteiger charge is -2.49. The van der Waals surface area contributed by atoms with Gasteiger partial charge in [-0.1, -0.05) is 32.1 Å². The van der Waals surface area contributed by atoms with Crippen molar-refractivity contribution in [2.24, 2.45) is 11.3 Å². The summed E-state index contributed by atoms with van der Waals surface area (Å²) in [5.74, 6) is 0.810. The summed E-state index contributed by atoms with van der Waals surface area (Å²) in [7, 11) is 0. The molecule has 1 amide bonds.